The van der Waals surface area contributed by atoms with E-state index in [4.69, 9.17) is 4.74 Å². The van der Waals surface area contributed by atoms with Crippen molar-refractivity contribution in [1.82, 2.24) is 4.90 Å². The fourth-order valence-corrected chi connectivity index (χ4v) is 2.69. The molecule has 1 aromatic carbocycles. The quantitative estimate of drug-likeness (QED) is 0.671. The lowest BCUT2D eigenvalue weighted by Crippen LogP contribution is -2.35. The molecule has 0 spiro atoms. The van der Waals surface area contributed by atoms with Crippen LogP contribution in [0.4, 0.5) is 16.2 Å². The molecule has 7 nitrogen and oxygen atoms in total. The molecule has 1 amide bonds. The maximum absolute atomic E-state index is 12.1. The molecule has 1 N–H and O–H groups in total. The van der Waals surface area contributed by atoms with Gasteiger partial charge in [0, 0.05) is 25.7 Å². The van der Waals surface area contributed by atoms with Crippen molar-refractivity contribution in [3.63, 3.8) is 0 Å². The van der Waals surface area contributed by atoms with Crippen LogP contribution < -0.4 is 5.32 Å². The van der Waals surface area contributed by atoms with Crippen LogP contribution >= 0.6 is 0 Å². The lowest BCUT2D eigenvalue weighted by molar-refractivity contribution is -0.384. The van der Waals surface area contributed by atoms with Crippen molar-refractivity contribution in [3.05, 3.63) is 33.9 Å². The second-order valence-corrected chi connectivity index (χ2v) is 7.24. The first-order valence-corrected chi connectivity index (χ1v) is 8.12. The summed E-state index contributed by atoms with van der Waals surface area (Å²) in [5, 5.41) is 14.3. The van der Waals surface area contributed by atoms with E-state index in [-0.39, 0.29) is 22.6 Å². The predicted molar refractivity (Wildman–Crippen MR) is 92.2 cm³/mol. The van der Waals surface area contributed by atoms with E-state index in [0.29, 0.717) is 25.3 Å². The van der Waals surface area contributed by atoms with Gasteiger partial charge in [-0.1, -0.05) is 6.07 Å². The number of nitrogens with zero attached hydrogens (tertiary/aromatic N) is 2. The number of carbonyl (C=O) groups is 1. The molecule has 132 valence electrons. The second kappa shape index (κ2) is 7.07. The van der Waals surface area contributed by atoms with Crippen LogP contribution in [0.1, 0.15) is 32.8 Å². The topological polar surface area (TPSA) is 84.7 Å². The molecule has 1 heterocycles. The average molecular weight is 335 g/mol. The number of rotatable bonds is 4. The Balaban J connectivity index is 1.91. The zero-order chi connectivity index (χ0) is 17.9. The van der Waals surface area contributed by atoms with Gasteiger partial charge in [0.2, 0.25) is 0 Å². The Morgan fingerprint density at radius 3 is 2.79 bits per heavy atom. The Kier molecular flexibility index (Phi) is 5.31. The number of hydrogen-bond donors (Lipinski definition) is 1. The molecule has 1 saturated heterocycles. The number of benzene rings is 1. The fourth-order valence-electron chi connectivity index (χ4n) is 2.69. The zero-order valence-electron chi connectivity index (χ0n) is 14.7. The summed E-state index contributed by atoms with van der Waals surface area (Å²) in [7, 11) is 0. The second-order valence-electron chi connectivity index (χ2n) is 7.24. The molecule has 0 bridgehead atoms. The van der Waals surface area contributed by atoms with E-state index in [1.54, 1.807) is 17.0 Å². The van der Waals surface area contributed by atoms with Gasteiger partial charge < -0.3 is 15.0 Å². The lowest BCUT2D eigenvalue weighted by Gasteiger charge is -2.24. The molecule has 1 aliphatic rings. The van der Waals surface area contributed by atoms with E-state index < -0.39 is 5.60 Å². The number of ether oxygens (including phenoxy) is 1. The first-order valence-electron chi connectivity index (χ1n) is 8.12. The van der Waals surface area contributed by atoms with Crippen molar-refractivity contribution in [3.8, 4) is 0 Å². The van der Waals surface area contributed by atoms with Gasteiger partial charge in [-0.05, 0) is 51.7 Å². The molecule has 24 heavy (non-hydrogen) atoms. The first kappa shape index (κ1) is 18.0. The minimum absolute atomic E-state index is 0.0806. The Bertz CT molecular complexity index is 625. The molecular formula is C17H25N3O4. The van der Waals surface area contributed by atoms with E-state index in [1.165, 1.54) is 0 Å². The summed E-state index contributed by atoms with van der Waals surface area (Å²) in [5.41, 5.74) is 0.943. The van der Waals surface area contributed by atoms with Crippen LogP contribution in [0.5, 0.6) is 0 Å². The molecule has 0 aromatic heterocycles. The van der Waals surface area contributed by atoms with E-state index in [1.807, 2.05) is 33.8 Å². The van der Waals surface area contributed by atoms with Gasteiger partial charge in [0.25, 0.3) is 5.69 Å². The van der Waals surface area contributed by atoms with E-state index in [2.05, 4.69) is 5.32 Å². The van der Waals surface area contributed by atoms with Gasteiger partial charge in [-0.3, -0.25) is 10.1 Å². The highest BCUT2D eigenvalue weighted by molar-refractivity contribution is 5.68. The molecule has 1 aliphatic heterocycles. The maximum Gasteiger partial charge on any atom is 0.410 e. The summed E-state index contributed by atoms with van der Waals surface area (Å²) in [5.74, 6) is 0.249. The van der Waals surface area contributed by atoms with E-state index in [0.717, 1.165) is 12.0 Å². The third-order valence-corrected chi connectivity index (χ3v) is 3.87. The predicted octanol–water partition coefficient (Wildman–Crippen LogP) is 3.57. The molecule has 1 fully saturated rings. The largest absolute Gasteiger partial charge is 0.444 e. The van der Waals surface area contributed by atoms with Crippen molar-refractivity contribution >= 4 is 17.5 Å². The van der Waals surface area contributed by atoms with E-state index >= 15 is 0 Å². The minimum atomic E-state index is -0.504. The lowest BCUT2D eigenvalue weighted by atomic mass is 10.1. The van der Waals surface area contributed by atoms with Crippen LogP contribution in [-0.2, 0) is 4.74 Å². The van der Waals surface area contributed by atoms with E-state index in [9.17, 15) is 14.9 Å². The molecule has 1 aromatic rings. The molecule has 0 saturated carbocycles. The van der Waals surface area contributed by atoms with Gasteiger partial charge in [0.1, 0.15) is 11.3 Å². The van der Waals surface area contributed by atoms with Crippen LogP contribution in [0.15, 0.2) is 18.2 Å². The Labute approximate surface area is 142 Å². The number of carbonyl (C=O) groups excluding carboxylic acids is 1. The van der Waals surface area contributed by atoms with Crippen molar-refractivity contribution in [2.45, 2.75) is 39.7 Å². The van der Waals surface area contributed by atoms with Crippen LogP contribution in [-0.4, -0.2) is 41.2 Å². The number of aryl methyl sites for hydroxylation is 1. The number of likely N-dealkylation sites (tertiary alicyclic amines) is 1. The number of nitro benzene ring substituents is 1. The average Bonchev–Trinajstić information content (AvgIpc) is 2.93. The third-order valence-electron chi connectivity index (χ3n) is 3.87. The Hall–Kier alpha value is -2.31. The van der Waals surface area contributed by atoms with Crippen LogP contribution in [0.3, 0.4) is 0 Å². The zero-order valence-corrected chi connectivity index (χ0v) is 14.7. The van der Waals surface area contributed by atoms with Gasteiger partial charge >= 0.3 is 6.09 Å². The van der Waals surface area contributed by atoms with Gasteiger partial charge in [-0.25, -0.2) is 4.79 Å². The molecule has 1 atom stereocenters. The van der Waals surface area contributed by atoms with Crippen molar-refractivity contribution < 1.29 is 14.5 Å². The molecule has 0 aliphatic carbocycles. The molecule has 2 rings (SSSR count). The normalized spacial score (nSPS) is 17.7. The number of nitrogens with one attached hydrogen (secondary N) is 1. The summed E-state index contributed by atoms with van der Waals surface area (Å²) in [4.78, 5) is 24.5. The van der Waals surface area contributed by atoms with Crippen LogP contribution in [0.25, 0.3) is 0 Å². The Morgan fingerprint density at radius 2 is 2.17 bits per heavy atom. The SMILES string of the molecule is Cc1ccc(NC[C@@H]2CCN(C(=O)OC(C)(C)C)C2)c([N+](=O)[O-])c1. The third kappa shape index (κ3) is 4.84. The van der Waals surface area contributed by atoms with Gasteiger partial charge in [0.05, 0.1) is 4.92 Å². The molecular weight excluding hydrogens is 310 g/mol. The summed E-state index contributed by atoms with van der Waals surface area (Å²) < 4.78 is 5.37. The molecule has 0 unspecified atom stereocenters. The summed E-state index contributed by atoms with van der Waals surface area (Å²) in [6, 6.07) is 5.13. The minimum Gasteiger partial charge on any atom is -0.444 e. The van der Waals surface area contributed by atoms with Crippen molar-refractivity contribution in [2.75, 3.05) is 25.0 Å². The van der Waals surface area contributed by atoms with Crippen LogP contribution in [0.2, 0.25) is 0 Å². The fraction of sp³-hybridized carbons (Fsp3) is 0.588. The standard InChI is InChI=1S/C17H25N3O4/c1-12-5-6-14(15(9-12)20(22)23)18-10-13-7-8-19(11-13)16(21)24-17(2,3)4/h5-6,9,13,18H,7-8,10-11H2,1-4H3/t13-/m0/s1. The monoisotopic (exact) mass is 335 g/mol. The van der Waals surface area contributed by atoms with Crippen LogP contribution in [0, 0.1) is 23.0 Å². The summed E-state index contributed by atoms with van der Waals surface area (Å²) in [6.45, 7) is 9.19. The number of nitro groups is 1. The highest BCUT2D eigenvalue weighted by Gasteiger charge is 2.29. The van der Waals surface area contributed by atoms with Gasteiger partial charge in [-0.2, -0.15) is 0 Å². The Morgan fingerprint density at radius 1 is 1.46 bits per heavy atom. The number of anilines is 1. The van der Waals surface area contributed by atoms with Gasteiger partial charge in [0.15, 0.2) is 0 Å². The maximum atomic E-state index is 12.1. The highest BCUT2D eigenvalue weighted by Crippen LogP contribution is 2.27. The summed E-state index contributed by atoms with van der Waals surface area (Å²) in [6.07, 6.45) is 0.553. The van der Waals surface area contributed by atoms with Gasteiger partial charge in [-0.15, -0.1) is 0 Å². The number of hydrogen-bond acceptors (Lipinski definition) is 5. The molecule has 7 heteroatoms. The first-order chi connectivity index (χ1) is 11.2. The molecule has 0 radical (unpaired) electrons. The van der Waals surface area contributed by atoms with Crippen molar-refractivity contribution in [2.24, 2.45) is 5.92 Å². The number of amides is 1. The smallest absolute Gasteiger partial charge is 0.410 e. The highest BCUT2D eigenvalue weighted by atomic mass is 16.6. The summed E-state index contributed by atoms with van der Waals surface area (Å²) >= 11 is 0. The van der Waals surface area contributed by atoms with Crippen molar-refractivity contribution in [1.29, 1.82) is 0 Å².